The summed E-state index contributed by atoms with van der Waals surface area (Å²) >= 11 is 0. The van der Waals surface area contributed by atoms with Gasteiger partial charge in [-0.3, -0.25) is 0 Å². The molecule has 6 heteroatoms. The zero-order valence-electron chi connectivity index (χ0n) is 12.7. The average molecular weight is 291 g/mol. The Kier molecular flexibility index (Phi) is 4.26. The second kappa shape index (κ2) is 6.15. The molecule has 0 aliphatic heterocycles. The fraction of sp³-hybridized carbons (Fsp3) is 0.733. The molecule has 1 aromatic heterocycles. The Bertz CT molecular complexity index is 497. The summed E-state index contributed by atoms with van der Waals surface area (Å²) in [4.78, 5) is 11.6. The van der Waals surface area contributed by atoms with Gasteiger partial charge < -0.3 is 15.4 Å². The van der Waals surface area contributed by atoms with Gasteiger partial charge in [0.15, 0.2) is 0 Å². The summed E-state index contributed by atoms with van der Waals surface area (Å²) in [7, 11) is 0. The van der Waals surface area contributed by atoms with Crippen LogP contribution in [0.1, 0.15) is 55.8 Å². The molecule has 0 radical (unpaired) electrons. The number of aliphatic hydroxyl groups excluding tert-OH is 1. The molecular formula is C15H25N5O. The molecule has 0 atom stereocenters. The Hall–Kier alpha value is -1.40. The number of nitrogens with one attached hydrogen (secondary N) is 1. The van der Waals surface area contributed by atoms with E-state index in [1.165, 1.54) is 25.7 Å². The van der Waals surface area contributed by atoms with Crippen molar-refractivity contribution in [3.8, 4) is 0 Å². The molecule has 6 nitrogen and oxygen atoms in total. The summed E-state index contributed by atoms with van der Waals surface area (Å²) in [5.41, 5.74) is 3.68. The fourth-order valence-corrected chi connectivity index (χ4v) is 3.25. The molecule has 2 fully saturated rings. The van der Waals surface area contributed by atoms with Gasteiger partial charge in [0.25, 0.3) is 0 Å². The first-order chi connectivity index (χ1) is 10.2. The molecule has 0 spiro atoms. The molecule has 21 heavy (non-hydrogen) atoms. The van der Waals surface area contributed by atoms with Crippen LogP contribution in [0.5, 0.6) is 0 Å². The Morgan fingerprint density at radius 2 is 1.95 bits per heavy atom. The maximum absolute atomic E-state index is 9.44. The normalized spacial score (nSPS) is 19.0. The van der Waals surface area contributed by atoms with Crippen LogP contribution in [-0.2, 0) is 0 Å². The standard InChI is InChI=1S/C15H25N5O/c1-10-13(19-16)17-14(11-6-7-11)18-15(10)20(8-9-21)12-4-2-3-5-12/h11-12,21H,2-9,16H2,1H3,(H,17,18,19). The van der Waals surface area contributed by atoms with Crippen molar-refractivity contribution in [1.82, 2.24) is 9.97 Å². The smallest absolute Gasteiger partial charge is 0.148 e. The van der Waals surface area contributed by atoms with Gasteiger partial charge in [0, 0.05) is 24.1 Å². The van der Waals surface area contributed by atoms with Crippen molar-refractivity contribution in [3.63, 3.8) is 0 Å². The lowest BCUT2D eigenvalue weighted by atomic mass is 10.1. The van der Waals surface area contributed by atoms with E-state index >= 15 is 0 Å². The zero-order valence-corrected chi connectivity index (χ0v) is 12.7. The quantitative estimate of drug-likeness (QED) is 0.546. The van der Waals surface area contributed by atoms with Crippen LogP contribution in [0.3, 0.4) is 0 Å². The Labute approximate surface area is 125 Å². The van der Waals surface area contributed by atoms with Crippen molar-refractivity contribution < 1.29 is 5.11 Å². The molecule has 0 amide bonds. The maximum Gasteiger partial charge on any atom is 0.148 e. The Balaban J connectivity index is 1.98. The third-order valence-electron chi connectivity index (χ3n) is 4.60. The lowest BCUT2D eigenvalue weighted by molar-refractivity contribution is 0.296. The molecule has 2 aliphatic carbocycles. The molecule has 0 aromatic carbocycles. The van der Waals surface area contributed by atoms with Gasteiger partial charge in [-0.15, -0.1) is 0 Å². The number of rotatable bonds is 6. The molecule has 0 unspecified atom stereocenters. The van der Waals surface area contributed by atoms with Gasteiger partial charge in [-0.2, -0.15) is 0 Å². The van der Waals surface area contributed by atoms with E-state index in [-0.39, 0.29) is 6.61 Å². The van der Waals surface area contributed by atoms with Crippen molar-refractivity contribution in [1.29, 1.82) is 0 Å². The van der Waals surface area contributed by atoms with E-state index in [0.717, 1.165) is 30.0 Å². The number of anilines is 2. The highest BCUT2D eigenvalue weighted by atomic mass is 16.3. The van der Waals surface area contributed by atoms with Gasteiger partial charge in [0.2, 0.25) is 0 Å². The van der Waals surface area contributed by atoms with Crippen LogP contribution in [0.25, 0.3) is 0 Å². The minimum absolute atomic E-state index is 0.143. The Morgan fingerprint density at radius 1 is 1.24 bits per heavy atom. The number of aliphatic hydroxyl groups is 1. The highest BCUT2D eigenvalue weighted by Crippen LogP contribution is 2.40. The molecule has 2 aliphatic rings. The van der Waals surface area contributed by atoms with E-state index < -0.39 is 0 Å². The summed E-state index contributed by atoms with van der Waals surface area (Å²) in [6, 6.07) is 0.475. The van der Waals surface area contributed by atoms with Gasteiger partial charge in [0.05, 0.1) is 6.61 Å². The second-order valence-electron chi connectivity index (χ2n) is 6.15. The fourth-order valence-electron chi connectivity index (χ4n) is 3.25. The van der Waals surface area contributed by atoms with Gasteiger partial charge in [0.1, 0.15) is 17.5 Å². The van der Waals surface area contributed by atoms with Gasteiger partial charge in [-0.1, -0.05) is 12.8 Å². The number of nitrogens with zero attached hydrogens (tertiary/aromatic N) is 3. The van der Waals surface area contributed by atoms with E-state index in [0.29, 0.717) is 24.3 Å². The SMILES string of the molecule is Cc1c(NN)nc(C2CC2)nc1N(CCO)C1CCCC1. The van der Waals surface area contributed by atoms with Crippen LogP contribution in [0.2, 0.25) is 0 Å². The first kappa shape index (κ1) is 14.5. The van der Waals surface area contributed by atoms with Crippen LogP contribution in [-0.4, -0.2) is 34.3 Å². The van der Waals surface area contributed by atoms with E-state index in [1.807, 2.05) is 6.92 Å². The van der Waals surface area contributed by atoms with Crippen molar-refractivity contribution in [2.24, 2.45) is 5.84 Å². The molecule has 0 bridgehead atoms. The molecule has 3 rings (SSSR count). The van der Waals surface area contributed by atoms with Crippen molar-refractivity contribution in [3.05, 3.63) is 11.4 Å². The molecule has 116 valence electrons. The summed E-state index contributed by atoms with van der Waals surface area (Å²) < 4.78 is 0. The summed E-state index contributed by atoms with van der Waals surface area (Å²) in [5.74, 6) is 8.66. The Morgan fingerprint density at radius 3 is 2.52 bits per heavy atom. The first-order valence-corrected chi connectivity index (χ1v) is 7.97. The number of nitrogens with two attached hydrogens (primary N) is 1. The third kappa shape index (κ3) is 2.96. The topological polar surface area (TPSA) is 87.3 Å². The van der Waals surface area contributed by atoms with Gasteiger partial charge >= 0.3 is 0 Å². The first-order valence-electron chi connectivity index (χ1n) is 7.97. The minimum Gasteiger partial charge on any atom is -0.395 e. The monoisotopic (exact) mass is 291 g/mol. The van der Waals surface area contributed by atoms with Crippen LogP contribution in [0, 0.1) is 6.92 Å². The highest BCUT2D eigenvalue weighted by molar-refractivity contribution is 5.59. The number of nitrogen functional groups attached to an aromatic ring is 1. The van der Waals surface area contributed by atoms with Crippen LogP contribution < -0.4 is 16.2 Å². The van der Waals surface area contributed by atoms with Crippen molar-refractivity contribution in [2.45, 2.75) is 57.4 Å². The predicted octanol–water partition coefficient (Wildman–Crippen LogP) is 1.69. The van der Waals surface area contributed by atoms with Crippen LogP contribution in [0.15, 0.2) is 0 Å². The predicted molar refractivity (Wildman–Crippen MR) is 83.2 cm³/mol. The van der Waals surface area contributed by atoms with E-state index in [4.69, 9.17) is 10.8 Å². The van der Waals surface area contributed by atoms with E-state index in [1.54, 1.807) is 0 Å². The largest absolute Gasteiger partial charge is 0.395 e. The zero-order chi connectivity index (χ0) is 14.8. The summed E-state index contributed by atoms with van der Waals surface area (Å²) in [5, 5.41) is 9.44. The molecule has 1 aromatic rings. The van der Waals surface area contributed by atoms with Gasteiger partial charge in [-0.05, 0) is 32.6 Å². The van der Waals surface area contributed by atoms with Crippen LogP contribution >= 0.6 is 0 Å². The molecule has 0 saturated heterocycles. The van der Waals surface area contributed by atoms with Crippen LogP contribution in [0.4, 0.5) is 11.6 Å². The molecule has 1 heterocycles. The van der Waals surface area contributed by atoms with Gasteiger partial charge in [-0.25, -0.2) is 15.8 Å². The summed E-state index contributed by atoms with van der Waals surface area (Å²) in [6.45, 7) is 2.77. The summed E-state index contributed by atoms with van der Waals surface area (Å²) in [6.07, 6.45) is 7.19. The second-order valence-corrected chi connectivity index (χ2v) is 6.15. The van der Waals surface area contributed by atoms with Crippen molar-refractivity contribution in [2.75, 3.05) is 23.5 Å². The number of hydrazine groups is 1. The lowest BCUT2D eigenvalue weighted by Crippen LogP contribution is -2.37. The highest BCUT2D eigenvalue weighted by Gasteiger charge is 2.31. The lowest BCUT2D eigenvalue weighted by Gasteiger charge is -2.31. The number of hydrogen-bond donors (Lipinski definition) is 3. The number of aromatic nitrogens is 2. The molecule has 2 saturated carbocycles. The maximum atomic E-state index is 9.44. The minimum atomic E-state index is 0.143. The van der Waals surface area contributed by atoms with E-state index in [9.17, 15) is 5.11 Å². The molecular weight excluding hydrogens is 266 g/mol. The third-order valence-corrected chi connectivity index (χ3v) is 4.60. The average Bonchev–Trinajstić information content (AvgIpc) is 3.21. The molecule has 4 N–H and O–H groups in total. The number of hydrogen-bond acceptors (Lipinski definition) is 6. The van der Waals surface area contributed by atoms with Crippen molar-refractivity contribution >= 4 is 11.6 Å². The van der Waals surface area contributed by atoms with E-state index in [2.05, 4.69) is 15.3 Å².